The van der Waals surface area contributed by atoms with Crippen molar-refractivity contribution in [1.82, 2.24) is 5.32 Å². The van der Waals surface area contributed by atoms with Gasteiger partial charge in [-0.15, -0.1) is 0 Å². The first kappa shape index (κ1) is 10.4. The summed E-state index contributed by atoms with van der Waals surface area (Å²) in [7, 11) is 0. The van der Waals surface area contributed by atoms with Crippen LogP contribution in [0.25, 0.3) is 0 Å². The first-order valence-electron chi connectivity index (χ1n) is 4.82. The number of benzene rings is 1. The third-order valence-corrected chi connectivity index (χ3v) is 2.64. The van der Waals surface area contributed by atoms with E-state index in [0.717, 1.165) is 0 Å². The molecule has 1 fully saturated rings. The summed E-state index contributed by atoms with van der Waals surface area (Å²) in [4.78, 5) is 21.0. The predicted octanol–water partition coefficient (Wildman–Crippen LogP) is 0.904. The number of amides is 1. The third-order valence-electron chi connectivity index (χ3n) is 2.64. The van der Waals surface area contributed by atoms with E-state index in [1.165, 1.54) is 12.1 Å². The van der Waals surface area contributed by atoms with E-state index in [9.17, 15) is 20.0 Å². The molecule has 0 aromatic heterocycles. The van der Waals surface area contributed by atoms with Gasteiger partial charge in [0, 0.05) is 24.9 Å². The van der Waals surface area contributed by atoms with Gasteiger partial charge in [0.25, 0.3) is 0 Å². The molecule has 0 bridgehead atoms. The molecular weight excluding hydrogens is 212 g/mol. The lowest BCUT2D eigenvalue weighted by atomic mass is 9.97. The van der Waals surface area contributed by atoms with Crippen LogP contribution in [-0.2, 0) is 4.79 Å². The smallest absolute Gasteiger partial charge is 0.310 e. The van der Waals surface area contributed by atoms with Crippen molar-refractivity contribution in [2.75, 3.05) is 6.54 Å². The molecule has 1 atom stereocenters. The largest absolute Gasteiger partial charge is 0.502 e. The van der Waals surface area contributed by atoms with Crippen LogP contribution in [0.5, 0.6) is 5.75 Å². The summed E-state index contributed by atoms with van der Waals surface area (Å²) in [5.74, 6) is -0.460. The highest BCUT2D eigenvalue weighted by Crippen LogP contribution is 2.31. The summed E-state index contributed by atoms with van der Waals surface area (Å²) in [5.41, 5.74) is 0.375. The van der Waals surface area contributed by atoms with Gasteiger partial charge in [-0.05, 0) is 11.6 Å². The van der Waals surface area contributed by atoms with Gasteiger partial charge in [-0.2, -0.15) is 0 Å². The lowest BCUT2D eigenvalue weighted by molar-refractivity contribution is -0.385. The van der Waals surface area contributed by atoms with Crippen molar-refractivity contribution < 1.29 is 14.8 Å². The molecule has 84 valence electrons. The van der Waals surface area contributed by atoms with Gasteiger partial charge in [-0.1, -0.05) is 6.07 Å². The number of nitrogens with zero attached hydrogens (tertiary/aromatic N) is 1. The molecule has 1 aliphatic heterocycles. The summed E-state index contributed by atoms with van der Waals surface area (Å²) in [6.45, 7) is 0.487. The Labute approximate surface area is 91.0 Å². The Hall–Kier alpha value is -2.11. The topological polar surface area (TPSA) is 92.5 Å². The zero-order valence-electron chi connectivity index (χ0n) is 8.34. The van der Waals surface area contributed by atoms with Crippen LogP contribution in [0.3, 0.4) is 0 Å². The van der Waals surface area contributed by atoms with Gasteiger partial charge in [-0.3, -0.25) is 14.9 Å². The predicted molar refractivity (Wildman–Crippen MR) is 55.1 cm³/mol. The number of nitro benzene ring substituents is 1. The number of carbonyl (C=O) groups excluding carboxylic acids is 1. The van der Waals surface area contributed by atoms with E-state index < -0.39 is 4.92 Å². The highest BCUT2D eigenvalue weighted by Gasteiger charge is 2.25. The summed E-state index contributed by atoms with van der Waals surface area (Å²) < 4.78 is 0. The highest BCUT2D eigenvalue weighted by atomic mass is 16.6. The van der Waals surface area contributed by atoms with Crippen molar-refractivity contribution in [3.05, 3.63) is 33.9 Å². The van der Waals surface area contributed by atoms with E-state index in [1.54, 1.807) is 6.07 Å². The van der Waals surface area contributed by atoms with Gasteiger partial charge in [0.2, 0.25) is 5.91 Å². The number of hydrogen-bond acceptors (Lipinski definition) is 4. The summed E-state index contributed by atoms with van der Waals surface area (Å²) >= 11 is 0. The van der Waals surface area contributed by atoms with Crippen LogP contribution < -0.4 is 5.32 Å². The number of hydrogen-bond donors (Lipinski definition) is 2. The van der Waals surface area contributed by atoms with Crippen LogP contribution in [0.15, 0.2) is 18.2 Å². The molecule has 2 N–H and O–H groups in total. The first-order valence-corrected chi connectivity index (χ1v) is 4.82. The number of aromatic hydroxyl groups is 1. The SMILES string of the molecule is O=C1CC(c2ccc(O)c([N+](=O)[O-])c2)CN1. The zero-order valence-corrected chi connectivity index (χ0v) is 8.34. The Balaban J connectivity index is 2.32. The zero-order chi connectivity index (χ0) is 11.7. The lowest BCUT2D eigenvalue weighted by Gasteiger charge is -2.07. The molecule has 1 saturated heterocycles. The lowest BCUT2D eigenvalue weighted by Crippen LogP contribution is -2.13. The monoisotopic (exact) mass is 222 g/mol. The van der Waals surface area contributed by atoms with Crippen molar-refractivity contribution in [3.63, 3.8) is 0 Å². The molecule has 1 aromatic rings. The molecule has 1 amide bonds. The Bertz CT molecular complexity index is 458. The van der Waals surface area contributed by atoms with Crippen molar-refractivity contribution >= 4 is 11.6 Å². The number of nitrogens with one attached hydrogen (secondary N) is 1. The summed E-state index contributed by atoms with van der Waals surface area (Å²) in [6, 6.07) is 4.21. The van der Waals surface area contributed by atoms with Crippen molar-refractivity contribution in [1.29, 1.82) is 0 Å². The second-order valence-electron chi connectivity index (χ2n) is 3.71. The molecule has 0 aliphatic carbocycles. The van der Waals surface area contributed by atoms with E-state index in [0.29, 0.717) is 18.5 Å². The molecule has 1 aliphatic rings. The molecule has 6 nitrogen and oxygen atoms in total. The minimum Gasteiger partial charge on any atom is -0.502 e. The highest BCUT2D eigenvalue weighted by molar-refractivity contribution is 5.79. The number of rotatable bonds is 2. The Morgan fingerprint density at radius 1 is 1.50 bits per heavy atom. The van der Waals surface area contributed by atoms with Crippen molar-refractivity contribution in [2.45, 2.75) is 12.3 Å². The second-order valence-corrected chi connectivity index (χ2v) is 3.71. The van der Waals surface area contributed by atoms with Gasteiger partial charge in [0.15, 0.2) is 5.75 Å². The molecular formula is C10H10N2O4. The van der Waals surface area contributed by atoms with Crippen LogP contribution in [0.4, 0.5) is 5.69 Å². The minimum atomic E-state index is -0.636. The number of phenolic OH excluding ortho intramolecular Hbond substituents is 1. The van der Waals surface area contributed by atoms with E-state index >= 15 is 0 Å². The first-order chi connectivity index (χ1) is 7.58. The van der Waals surface area contributed by atoms with Crippen LogP contribution >= 0.6 is 0 Å². The van der Waals surface area contributed by atoms with E-state index in [1.807, 2.05) is 0 Å². The maximum Gasteiger partial charge on any atom is 0.310 e. The van der Waals surface area contributed by atoms with Crippen LogP contribution in [-0.4, -0.2) is 22.5 Å². The number of nitro groups is 1. The maximum atomic E-state index is 11.0. The van der Waals surface area contributed by atoms with Gasteiger partial charge >= 0.3 is 5.69 Å². The summed E-state index contributed by atoms with van der Waals surface area (Å²) in [6.07, 6.45) is 0.335. The average Bonchev–Trinajstić information content (AvgIpc) is 2.65. The molecule has 16 heavy (non-hydrogen) atoms. The van der Waals surface area contributed by atoms with Crippen LogP contribution in [0.1, 0.15) is 17.9 Å². The van der Waals surface area contributed by atoms with Gasteiger partial charge < -0.3 is 10.4 Å². The van der Waals surface area contributed by atoms with Gasteiger partial charge in [-0.25, -0.2) is 0 Å². The van der Waals surface area contributed by atoms with Gasteiger partial charge in [0.05, 0.1) is 4.92 Å². The average molecular weight is 222 g/mol. The van der Waals surface area contributed by atoms with E-state index in [2.05, 4.69) is 5.32 Å². The Morgan fingerprint density at radius 3 is 2.81 bits per heavy atom. The fraction of sp³-hybridized carbons (Fsp3) is 0.300. The molecule has 2 rings (SSSR count). The van der Waals surface area contributed by atoms with Crippen LogP contribution in [0.2, 0.25) is 0 Å². The van der Waals surface area contributed by atoms with Crippen molar-refractivity contribution in [2.24, 2.45) is 0 Å². The number of carbonyl (C=O) groups is 1. The molecule has 0 spiro atoms. The molecule has 1 unspecified atom stereocenters. The van der Waals surface area contributed by atoms with Crippen LogP contribution in [0, 0.1) is 10.1 Å². The Kier molecular flexibility index (Phi) is 2.47. The normalized spacial score (nSPS) is 19.5. The molecule has 6 heteroatoms. The fourth-order valence-corrected chi connectivity index (χ4v) is 1.78. The maximum absolute atomic E-state index is 11.0. The molecule has 0 saturated carbocycles. The second kappa shape index (κ2) is 3.80. The van der Waals surface area contributed by atoms with E-state index in [-0.39, 0.29) is 23.3 Å². The van der Waals surface area contributed by atoms with Crippen molar-refractivity contribution in [3.8, 4) is 5.75 Å². The molecule has 1 aromatic carbocycles. The van der Waals surface area contributed by atoms with Gasteiger partial charge in [0.1, 0.15) is 0 Å². The summed E-state index contributed by atoms with van der Waals surface area (Å²) in [5, 5.41) is 22.6. The molecule has 0 radical (unpaired) electrons. The minimum absolute atomic E-state index is 0.0493. The Morgan fingerprint density at radius 2 is 2.25 bits per heavy atom. The molecule has 1 heterocycles. The fourth-order valence-electron chi connectivity index (χ4n) is 1.78. The van der Waals surface area contributed by atoms with E-state index in [4.69, 9.17) is 0 Å². The standard InChI is InChI=1S/C10H10N2O4/c13-9-2-1-6(3-8(9)12(15)16)7-4-10(14)11-5-7/h1-3,7,13H,4-5H2,(H,11,14). The number of phenols is 1. The third kappa shape index (κ3) is 1.81. The quantitative estimate of drug-likeness (QED) is 0.574.